The number of hydrogen-bond acceptors (Lipinski definition) is 7. The van der Waals surface area contributed by atoms with Crippen LogP contribution in [0.25, 0.3) is 0 Å². The number of thiophene rings is 1. The van der Waals surface area contributed by atoms with Gasteiger partial charge in [0.25, 0.3) is 0 Å². The van der Waals surface area contributed by atoms with Gasteiger partial charge in [-0.1, -0.05) is 18.2 Å². The molecule has 0 fully saturated rings. The lowest BCUT2D eigenvalue weighted by atomic mass is 10.2. The quantitative estimate of drug-likeness (QED) is 0.292. The topological polar surface area (TPSA) is 86.2 Å². The summed E-state index contributed by atoms with van der Waals surface area (Å²) >= 11 is 1.51. The molecule has 1 aromatic heterocycles. The molecular weight excluding hydrogens is 392 g/mol. The molecule has 0 atom stereocenters. The van der Waals surface area contributed by atoms with Crippen LogP contribution in [0.4, 0.5) is 0 Å². The third kappa shape index (κ3) is 4.61. The van der Waals surface area contributed by atoms with Crippen LogP contribution < -0.4 is 19.6 Å². The van der Waals surface area contributed by atoms with E-state index in [1.807, 2.05) is 17.5 Å². The van der Waals surface area contributed by atoms with Crippen molar-refractivity contribution in [1.82, 2.24) is 5.43 Å². The average molecular weight is 408 g/mol. The van der Waals surface area contributed by atoms with Crippen molar-refractivity contribution in [3.8, 4) is 17.2 Å². The van der Waals surface area contributed by atoms with E-state index in [1.54, 1.807) is 42.5 Å². The van der Waals surface area contributed by atoms with Gasteiger partial charge >= 0.3 is 5.97 Å². The Hall–Kier alpha value is -3.65. The molecule has 1 amide bonds. The number of fused-ring (bicyclic) bond motifs is 1. The SMILES string of the molecule is O=C(Cc1cccs1)NN=Cc1ccccc1OC(=O)c1ccc2c(c1)OCO2. The molecule has 0 bridgehead atoms. The number of ether oxygens (including phenoxy) is 3. The van der Waals surface area contributed by atoms with Gasteiger partial charge in [0.05, 0.1) is 18.2 Å². The van der Waals surface area contributed by atoms with Crippen LogP contribution in [-0.4, -0.2) is 24.9 Å². The molecule has 2 aromatic carbocycles. The molecule has 0 radical (unpaired) electrons. The predicted octanol–water partition coefficient (Wildman–Crippen LogP) is 3.39. The van der Waals surface area contributed by atoms with E-state index in [0.29, 0.717) is 28.4 Å². The second kappa shape index (κ2) is 8.57. The number of para-hydroxylation sites is 1. The van der Waals surface area contributed by atoms with Gasteiger partial charge in [-0.25, -0.2) is 10.2 Å². The van der Waals surface area contributed by atoms with E-state index in [4.69, 9.17) is 14.2 Å². The lowest BCUT2D eigenvalue weighted by Gasteiger charge is -2.08. The lowest BCUT2D eigenvalue weighted by Crippen LogP contribution is -2.19. The van der Waals surface area contributed by atoms with Crippen LogP contribution in [0.3, 0.4) is 0 Å². The molecule has 7 nitrogen and oxygen atoms in total. The summed E-state index contributed by atoms with van der Waals surface area (Å²) in [4.78, 5) is 25.4. The van der Waals surface area contributed by atoms with E-state index < -0.39 is 5.97 Å². The standard InChI is InChI=1S/C21H16N2O5S/c24-20(11-16-5-3-9-29-16)23-22-12-15-4-1-2-6-17(15)28-21(25)14-7-8-18-19(10-14)27-13-26-18/h1-10,12H,11,13H2,(H,23,24). The van der Waals surface area contributed by atoms with E-state index in [2.05, 4.69) is 10.5 Å². The number of nitrogens with one attached hydrogen (secondary N) is 1. The number of hydrogen-bond donors (Lipinski definition) is 1. The molecule has 1 aliphatic rings. The number of amides is 1. The van der Waals surface area contributed by atoms with Gasteiger partial charge in [-0.3, -0.25) is 4.79 Å². The highest BCUT2D eigenvalue weighted by Crippen LogP contribution is 2.32. The van der Waals surface area contributed by atoms with Crippen LogP contribution in [0.1, 0.15) is 20.8 Å². The maximum absolute atomic E-state index is 12.5. The number of rotatable bonds is 6. The first-order valence-corrected chi connectivity index (χ1v) is 9.62. The van der Waals surface area contributed by atoms with E-state index in [9.17, 15) is 9.59 Å². The van der Waals surface area contributed by atoms with Gasteiger partial charge in [-0.2, -0.15) is 5.10 Å². The Morgan fingerprint density at radius 2 is 1.97 bits per heavy atom. The van der Waals surface area contributed by atoms with Crippen LogP contribution in [0, 0.1) is 0 Å². The van der Waals surface area contributed by atoms with Gasteiger partial charge in [-0.15, -0.1) is 11.3 Å². The Morgan fingerprint density at radius 3 is 2.83 bits per heavy atom. The monoisotopic (exact) mass is 408 g/mol. The number of benzene rings is 2. The fraction of sp³-hybridized carbons (Fsp3) is 0.0952. The molecule has 0 saturated heterocycles. The third-order valence-electron chi connectivity index (χ3n) is 4.04. The summed E-state index contributed by atoms with van der Waals surface area (Å²) in [6.07, 6.45) is 1.70. The van der Waals surface area contributed by atoms with Crippen LogP contribution in [0.5, 0.6) is 17.2 Å². The number of nitrogens with zero attached hydrogens (tertiary/aromatic N) is 1. The van der Waals surface area contributed by atoms with E-state index >= 15 is 0 Å². The fourth-order valence-electron chi connectivity index (χ4n) is 2.65. The van der Waals surface area contributed by atoms with Crippen molar-refractivity contribution in [3.05, 3.63) is 76.0 Å². The number of esters is 1. The first-order valence-electron chi connectivity index (χ1n) is 8.74. The molecule has 0 unspecified atom stereocenters. The fourth-order valence-corrected chi connectivity index (χ4v) is 3.35. The van der Waals surface area contributed by atoms with Gasteiger partial charge in [0.15, 0.2) is 11.5 Å². The van der Waals surface area contributed by atoms with Gasteiger partial charge in [0, 0.05) is 10.4 Å². The summed E-state index contributed by atoms with van der Waals surface area (Å²) in [7, 11) is 0. The molecule has 1 N–H and O–H groups in total. The Labute approximate surface area is 170 Å². The Balaban J connectivity index is 1.41. The summed E-state index contributed by atoms with van der Waals surface area (Å²) in [6, 6.07) is 15.5. The number of hydrazone groups is 1. The summed E-state index contributed by atoms with van der Waals surface area (Å²) in [6.45, 7) is 0.130. The van der Waals surface area contributed by atoms with Crippen molar-refractivity contribution in [2.24, 2.45) is 5.10 Å². The van der Waals surface area contributed by atoms with Crippen molar-refractivity contribution >= 4 is 29.4 Å². The molecular formula is C21H16N2O5S. The van der Waals surface area contributed by atoms with Gasteiger partial charge < -0.3 is 14.2 Å². The first-order chi connectivity index (χ1) is 14.2. The Morgan fingerprint density at radius 1 is 1.10 bits per heavy atom. The Bertz CT molecular complexity index is 1060. The molecule has 0 spiro atoms. The Kier molecular flexibility index (Phi) is 5.53. The zero-order valence-electron chi connectivity index (χ0n) is 15.2. The predicted molar refractivity (Wildman–Crippen MR) is 108 cm³/mol. The van der Waals surface area contributed by atoms with Gasteiger partial charge in [0.2, 0.25) is 12.7 Å². The second-order valence-electron chi connectivity index (χ2n) is 6.04. The smallest absolute Gasteiger partial charge is 0.343 e. The molecule has 0 saturated carbocycles. The minimum atomic E-state index is -0.536. The molecule has 4 rings (SSSR count). The normalized spacial score (nSPS) is 12.1. The minimum absolute atomic E-state index is 0.130. The first kappa shape index (κ1) is 18.7. The molecule has 0 aliphatic carbocycles. The third-order valence-corrected chi connectivity index (χ3v) is 4.91. The highest BCUT2D eigenvalue weighted by atomic mass is 32.1. The highest BCUT2D eigenvalue weighted by Gasteiger charge is 2.18. The van der Waals surface area contributed by atoms with Crippen molar-refractivity contribution in [2.45, 2.75) is 6.42 Å². The summed E-state index contributed by atoms with van der Waals surface area (Å²) in [5.74, 6) is 0.658. The maximum atomic E-state index is 12.5. The lowest BCUT2D eigenvalue weighted by molar-refractivity contribution is -0.120. The van der Waals surface area contributed by atoms with Crippen molar-refractivity contribution < 1.29 is 23.8 Å². The molecule has 1 aliphatic heterocycles. The summed E-state index contributed by atoms with van der Waals surface area (Å²) in [5, 5.41) is 5.88. The zero-order valence-corrected chi connectivity index (χ0v) is 16.0. The summed E-state index contributed by atoms with van der Waals surface area (Å²) in [5.41, 5.74) is 3.37. The molecule has 29 heavy (non-hydrogen) atoms. The van der Waals surface area contributed by atoms with Crippen LogP contribution in [-0.2, 0) is 11.2 Å². The molecule has 8 heteroatoms. The van der Waals surface area contributed by atoms with Crippen molar-refractivity contribution in [3.63, 3.8) is 0 Å². The van der Waals surface area contributed by atoms with Crippen LogP contribution >= 0.6 is 11.3 Å². The molecule has 146 valence electrons. The van der Waals surface area contributed by atoms with Crippen molar-refractivity contribution in [1.29, 1.82) is 0 Å². The number of carbonyl (C=O) groups excluding carboxylic acids is 2. The summed E-state index contributed by atoms with van der Waals surface area (Å²) < 4.78 is 16.0. The highest BCUT2D eigenvalue weighted by molar-refractivity contribution is 7.10. The van der Waals surface area contributed by atoms with E-state index in [-0.39, 0.29) is 19.1 Å². The van der Waals surface area contributed by atoms with Crippen LogP contribution in [0.15, 0.2) is 65.1 Å². The second-order valence-corrected chi connectivity index (χ2v) is 7.08. The van der Waals surface area contributed by atoms with Gasteiger partial charge in [-0.05, 0) is 41.8 Å². The average Bonchev–Trinajstić information content (AvgIpc) is 3.40. The largest absolute Gasteiger partial charge is 0.454 e. The van der Waals surface area contributed by atoms with Crippen molar-refractivity contribution in [2.75, 3.05) is 6.79 Å². The van der Waals surface area contributed by atoms with E-state index in [0.717, 1.165) is 4.88 Å². The molecule has 3 aromatic rings. The minimum Gasteiger partial charge on any atom is -0.454 e. The van der Waals surface area contributed by atoms with Gasteiger partial charge in [0.1, 0.15) is 5.75 Å². The maximum Gasteiger partial charge on any atom is 0.343 e. The zero-order chi connectivity index (χ0) is 20.1. The van der Waals surface area contributed by atoms with Crippen LogP contribution in [0.2, 0.25) is 0 Å². The van der Waals surface area contributed by atoms with E-state index in [1.165, 1.54) is 17.6 Å². The number of carbonyl (C=O) groups is 2. The molecule has 2 heterocycles.